The van der Waals surface area contributed by atoms with E-state index in [1.54, 1.807) is 43.4 Å². The number of amides is 1. The van der Waals surface area contributed by atoms with Crippen LogP contribution in [-0.4, -0.2) is 13.0 Å². The molecule has 0 fully saturated rings. The van der Waals surface area contributed by atoms with Gasteiger partial charge in [-0.15, -0.1) is 0 Å². The van der Waals surface area contributed by atoms with Crippen molar-refractivity contribution in [2.75, 3.05) is 12.4 Å². The molecule has 0 aliphatic heterocycles. The lowest BCUT2D eigenvalue weighted by atomic mass is 10.1. The molecule has 0 aliphatic rings. The van der Waals surface area contributed by atoms with E-state index in [0.29, 0.717) is 27.2 Å². The summed E-state index contributed by atoms with van der Waals surface area (Å²) in [6.45, 7) is 0.494. The highest BCUT2D eigenvalue weighted by Crippen LogP contribution is 2.24. The number of halogens is 3. The quantitative estimate of drug-likeness (QED) is 0.850. The van der Waals surface area contributed by atoms with Gasteiger partial charge in [0.1, 0.15) is 0 Å². The average molecular weight is 344 g/mol. The highest BCUT2D eigenvalue weighted by molar-refractivity contribution is 6.34. The zero-order valence-corrected chi connectivity index (χ0v) is 13.5. The van der Waals surface area contributed by atoms with Crippen molar-refractivity contribution in [3.05, 3.63) is 62.6 Å². The molecule has 0 saturated carbocycles. The second-order valence-electron chi connectivity index (χ2n) is 4.36. The predicted molar refractivity (Wildman–Crippen MR) is 88.6 cm³/mol. The molecule has 0 radical (unpaired) electrons. The molecule has 0 heterocycles. The number of carbonyl (C=O) groups is 1. The van der Waals surface area contributed by atoms with Gasteiger partial charge in [0, 0.05) is 29.3 Å². The van der Waals surface area contributed by atoms with Gasteiger partial charge in [-0.25, -0.2) is 0 Å². The number of nitrogens with one attached hydrogen (secondary N) is 2. The molecule has 0 unspecified atom stereocenters. The van der Waals surface area contributed by atoms with Crippen LogP contribution in [0.25, 0.3) is 0 Å². The van der Waals surface area contributed by atoms with Crippen molar-refractivity contribution in [1.82, 2.24) is 5.32 Å². The molecule has 0 saturated heterocycles. The predicted octanol–water partition coefficient (Wildman–Crippen LogP) is 4.62. The number of benzene rings is 2. The Morgan fingerprint density at radius 3 is 2.48 bits per heavy atom. The van der Waals surface area contributed by atoms with Gasteiger partial charge in [0.05, 0.1) is 10.6 Å². The van der Waals surface area contributed by atoms with Crippen molar-refractivity contribution in [3.63, 3.8) is 0 Å². The van der Waals surface area contributed by atoms with Crippen molar-refractivity contribution < 1.29 is 4.79 Å². The summed E-state index contributed by atoms with van der Waals surface area (Å²) < 4.78 is 0. The van der Waals surface area contributed by atoms with E-state index < -0.39 is 0 Å². The topological polar surface area (TPSA) is 41.1 Å². The Morgan fingerprint density at radius 1 is 1.05 bits per heavy atom. The lowest BCUT2D eigenvalue weighted by Gasteiger charge is -2.11. The van der Waals surface area contributed by atoms with Gasteiger partial charge < -0.3 is 10.6 Å². The first-order chi connectivity index (χ1) is 10.0. The fraction of sp³-hybridized carbons (Fsp3) is 0.133. The Kier molecular flexibility index (Phi) is 5.34. The van der Waals surface area contributed by atoms with Gasteiger partial charge in [0.25, 0.3) is 5.91 Å². The van der Waals surface area contributed by atoms with Gasteiger partial charge in [0.15, 0.2) is 0 Å². The summed E-state index contributed by atoms with van der Waals surface area (Å²) >= 11 is 18.1. The number of hydrogen-bond donors (Lipinski definition) is 2. The Balaban J connectivity index is 2.17. The first-order valence-corrected chi connectivity index (χ1v) is 7.34. The van der Waals surface area contributed by atoms with Crippen LogP contribution >= 0.6 is 34.8 Å². The van der Waals surface area contributed by atoms with Crippen LogP contribution in [0.3, 0.4) is 0 Å². The minimum atomic E-state index is -0.232. The molecule has 0 aromatic heterocycles. The molecule has 110 valence electrons. The van der Waals surface area contributed by atoms with E-state index >= 15 is 0 Å². The third-order valence-corrected chi connectivity index (χ3v) is 3.86. The standard InChI is InChI=1S/C15H13Cl3N2O/c1-19-15(21)12-7-11(3-5-14(12)18)20-8-9-6-10(16)2-4-13(9)17/h2-7,20H,8H2,1H3,(H,19,21). The summed E-state index contributed by atoms with van der Waals surface area (Å²) in [6.07, 6.45) is 0. The number of anilines is 1. The maximum Gasteiger partial charge on any atom is 0.252 e. The van der Waals surface area contributed by atoms with Crippen LogP contribution in [0.4, 0.5) is 5.69 Å². The maximum atomic E-state index is 11.7. The van der Waals surface area contributed by atoms with Crippen LogP contribution in [0.15, 0.2) is 36.4 Å². The van der Waals surface area contributed by atoms with Crippen molar-refractivity contribution >= 4 is 46.4 Å². The highest BCUT2D eigenvalue weighted by Gasteiger charge is 2.09. The van der Waals surface area contributed by atoms with Gasteiger partial charge in [-0.05, 0) is 42.0 Å². The van der Waals surface area contributed by atoms with E-state index in [4.69, 9.17) is 34.8 Å². The molecule has 21 heavy (non-hydrogen) atoms. The minimum Gasteiger partial charge on any atom is -0.381 e. The van der Waals surface area contributed by atoms with Crippen molar-refractivity contribution in [2.24, 2.45) is 0 Å². The molecule has 2 aromatic rings. The van der Waals surface area contributed by atoms with Crippen LogP contribution < -0.4 is 10.6 Å². The molecular formula is C15H13Cl3N2O. The fourth-order valence-corrected chi connectivity index (χ4v) is 2.40. The molecule has 0 atom stereocenters. The van der Waals surface area contributed by atoms with Gasteiger partial charge >= 0.3 is 0 Å². The SMILES string of the molecule is CNC(=O)c1cc(NCc2cc(Cl)ccc2Cl)ccc1Cl. The van der Waals surface area contributed by atoms with Crippen molar-refractivity contribution in [1.29, 1.82) is 0 Å². The summed E-state index contributed by atoms with van der Waals surface area (Å²) in [7, 11) is 1.56. The van der Waals surface area contributed by atoms with E-state index in [-0.39, 0.29) is 5.91 Å². The normalized spacial score (nSPS) is 10.3. The highest BCUT2D eigenvalue weighted by atomic mass is 35.5. The molecular weight excluding hydrogens is 331 g/mol. The number of rotatable bonds is 4. The van der Waals surface area contributed by atoms with Crippen LogP contribution in [0.1, 0.15) is 15.9 Å². The number of carbonyl (C=O) groups excluding carboxylic acids is 1. The first kappa shape index (κ1) is 16.0. The average Bonchev–Trinajstić information content (AvgIpc) is 2.48. The van der Waals surface area contributed by atoms with Crippen molar-refractivity contribution in [2.45, 2.75) is 6.54 Å². The molecule has 0 spiro atoms. The zero-order chi connectivity index (χ0) is 15.4. The smallest absolute Gasteiger partial charge is 0.252 e. The van der Waals surface area contributed by atoms with Gasteiger partial charge in [-0.2, -0.15) is 0 Å². The van der Waals surface area contributed by atoms with E-state index in [1.807, 2.05) is 0 Å². The lowest BCUT2D eigenvalue weighted by Crippen LogP contribution is -2.18. The monoisotopic (exact) mass is 342 g/mol. The Bertz CT molecular complexity index is 674. The van der Waals surface area contributed by atoms with Crippen LogP contribution in [0.5, 0.6) is 0 Å². The van der Waals surface area contributed by atoms with E-state index in [0.717, 1.165) is 11.3 Å². The van der Waals surface area contributed by atoms with E-state index in [9.17, 15) is 4.79 Å². The molecule has 0 bridgehead atoms. The maximum absolute atomic E-state index is 11.7. The molecule has 2 rings (SSSR count). The molecule has 6 heteroatoms. The third kappa shape index (κ3) is 4.03. The Morgan fingerprint density at radius 2 is 1.76 bits per heavy atom. The summed E-state index contributed by atoms with van der Waals surface area (Å²) in [4.78, 5) is 11.7. The second-order valence-corrected chi connectivity index (χ2v) is 5.61. The molecule has 3 nitrogen and oxygen atoms in total. The van der Waals surface area contributed by atoms with E-state index in [2.05, 4.69) is 10.6 Å². The minimum absolute atomic E-state index is 0.232. The van der Waals surface area contributed by atoms with Gasteiger partial charge in [-0.3, -0.25) is 4.79 Å². The van der Waals surface area contributed by atoms with Crippen LogP contribution in [0.2, 0.25) is 15.1 Å². The van der Waals surface area contributed by atoms with Crippen molar-refractivity contribution in [3.8, 4) is 0 Å². The van der Waals surface area contributed by atoms with Crippen LogP contribution in [-0.2, 0) is 6.54 Å². The summed E-state index contributed by atoms with van der Waals surface area (Å²) in [5.41, 5.74) is 2.07. The first-order valence-electron chi connectivity index (χ1n) is 6.20. The Labute approximate surface area is 138 Å². The second kappa shape index (κ2) is 7.03. The zero-order valence-electron chi connectivity index (χ0n) is 11.2. The van der Waals surface area contributed by atoms with Gasteiger partial charge in [-0.1, -0.05) is 34.8 Å². The molecule has 2 N–H and O–H groups in total. The molecule has 0 aliphatic carbocycles. The summed E-state index contributed by atoms with van der Waals surface area (Å²) in [5.74, 6) is -0.232. The van der Waals surface area contributed by atoms with Gasteiger partial charge in [0.2, 0.25) is 0 Å². The number of hydrogen-bond acceptors (Lipinski definition) is 2. The lowest BCUT2D eigenvalue weighted by molar-refractivity contribution is 0.0963. The summed E-state index contributed by atoms with van der Waals surface area (Å²) in [6, 6.07) is 10.4. The Hall–Kier alpha value is -1.42. The largest absolute Gasteiger partial charge is 0.381 e. The summed E-state index contributed by atoms with van der Waals surface area (Å²) in [5, 5.41) is 7.40. The molecule has 1 amide bonds. The fourth-order valence-electron chi connectivity index (χ4n) is 1.82. The third-order valence-electron chi connectivity index (χ3n) is 2.93. The molecule has 2 aromatic carbocycles. The van der Waals surface area contributed by atoms with E-state index in [1.165, 1.54) is 0 Å². The van der Waals surface area contributed by atoms with Crippen LogP contribution in [0, 0.1) is 0 Å².